The molecule has 92 valence electrons. The Morgan fingerprint density at radius 1 is 1.31 bits per heavy atom. The van der Waals surface area contributed by atoms with Crippen LogP contribution in [-0.2, 0) is 13.6 Å². The van der Waals surface area contributed by atoms with Crippen molar-refractivity contribution in [1.29, 1.82) is 0 Å². The minimum Gasteiger partial charge on any atom is -0.221 e. The van der Waals surface area contributed by atoms with Crippen LogP contribution in [0.15, 0.2) is 4.34 Å². The molecular formula is C7H9Cl3N2O2S2. The molecule has 0 unspecified atom stereocenters. The monoisotopic (exact) mass is 322 g/mol. The molecule has 0 N–H and O–H groups in total. The van der Waals surface area contributed by atoms with Gasteiger partial charge < -0.3 is 0 Å². The van der Waals surface area contributed by atoms with Crippen molar-refractivity contribution in [3.63, 3.8) is 0 Å². The highest BCUT2D eigenvalue weighted by Crippen LogP contribution is 2.40. The third-order valence-electron chi connectivity index (χ3n) is 1.68. The topological polar surface area (TPSA) is 59.9 Å². The van der Waals surface area contributed by atoms with Gasteiger partial charge in [0.05, 0.1) is 5.75 Å². The Bertz CT molecular complexity index is 452. The smallest absolute Gasteiger partial charge is 0.221 e. The maximum Gasteiger partial charge on any atom is 0.243 e. The molecule has 0 aliphatic carbocycles. The van der Waals surface area contributed by atoms with Crippen LogP contribution < -0.4 is 0 Å². The number of aromatic nitrogens is 2. The van der Waals surface area contributed by atoms with Gasteiger partial charge in [0.25, 0.3) is 0 Å². The van der Waals surface area contributed by atoms with Crippen LogP contribution in [0.1, 0.15) is 24.8 Å². The molecule has 0 aliphatic heterocycles. The maximum atomic E-state index is 11.7. The van der Waals surface area contributed by atoms with Crippen LogP contribution in [-0.4, -0.2) is 24.4 Å². The van der Waals surface area contributed by atoms with Gasteiger partial charge in [-0.3, -0.25) is 0 Å². The van der Waals surface area contributed by atoms with E-state index in [1.165, 1.54) is 0 Å². The van der Waals surface area contributed by atoms with Crippen molar-refractivity contribution >= 4 is 56.0 Å². The van der Waals surface area contributed by atoms with Crippen molar-refractivity contribution in [2.45, 2.75) is 27.9 Å². The molecule has 0 spiro atoms. The molecule has 0 aromatic carbocycles. The van der Waals surface area contributed by atoms with Crippen molar-refractivity contribution < 1.29 is 8.42 Å². The zero-order valence-corrected chi connectivity index (χ0v) is 12.2. The molecule has 0 fully saturated rings. The Kier molecular flexibility index (Phi) is 4.83. The standard InChI is InChI=1S/C7H9Cl3N2O2S2/c1-2-3-4-16(13,14)6-12-11-5(15-6)7(8,9)10/h2-4H2,1H3. The SMILES string of the molecule is CCCCS(=O)(=O)c1nnc(C(Cl)(Cl)Cl)s1. The van der Waals surface area contributed by atoms with Crippen LogP contribution in [0.25, 0.3) is 0 Å². The summed E-state index contributed by atoms with van der Waals surface area (Å²) in [6, 6.07) is 0. The first-order valence-electron chi connectivity index (χ1n) is 4.41. The Hall–Kier alpha value is 0.380. The fourth-order valence-corrected chi connectivity index (χ4v) is 3.78. The highest BCUT2D eigenvalue weighted by atomic mass is 35.6. The van der Waals surface area contributed by atoms with E-state index >= 15 is 0 Å². The van der Waals surface area contributed by atoms with Crippen LogP contribution in [0.5, 0.6) is 0 Å². The molecule has 0 radical (unpaired) electrons. The molecule has 0 amide bonds. The summed E-state index contributed by atoms with van der Waals surface area (Å²) in [5, 5.41) is 7.15. The lowest BCUT2D eigenvalue weighted by molar-refractivity contribution is 0.590. The van der Waals surface area contributed by atoms with Gasteiger partial charge in [0.15, 0.2) is 5.01 Å². The highest BCUT2D eigenvalue weighted by Gasteiger charge is 2.30. The van der Waals surface area contributed by atoms with Gasteiger partial charge in [-0.2, -0.15) is 0 Å². The lowest BCUT2D eigenvalue weighted by atomic mass is 10.4. The zero-order chi connectivity index (χ0) is 12.4. The van der Waals surface area contributed by atoms with Crippen LogP contribution in [0.3, 0.4) is 0 Å². The number of halogens is 3. The van der Waals surface area contributed by atoms with Gasteiger partial charge in [-0.25, -0.2) is 8.42 Å². The second kappa shape index (κ2) is 5.35. The largest absolute Gasteiger partial charge is 0.243 e. The van der Waals surface area contributed by atoms with E-state index in [9.17, 15) is 8.42 Å². The van der Waals surface area contributed by atoms with Crippen LogP contribution >= 0.6 is 46.1 Å². The summed E-state index contributed by atoms with van der Waals surface area (Å²) >= 11 is 17.5. The van der Waals surface area contributed by atoms with Crippen LogP contribution in [0.4, 0.5) is 0 Å². The summed E-state index contributed by atoms with van der Waals surface area (Å²) in [4.78, 5) is 0. The molecule has 0 aliphatic rings. The van der Waals surface area contributed by atoms with E-state index in [0.717, 1.165) is 17.8 Å². The van der Waals surface area contributed by atoms with Gasteiger partial charge in [0.2, 0.25) is 18.0 Å². The fourth-order valence-electron chi connectivity index (χ4n) is 0.872. The number of sulfone groups is 1. The summed E-state index contributed by atoms with van der Waals surface area (Å²) < 4.78 is 21.6. The summed E-state index contributed by atoms with van der Waals surface area (Å²) in [5.74, 6) is 0.0397. The van der Waals surface area contributed by atoms with Crippen molar-refractivity contribution in [3.8, 4) is 0 Å². The number of rotatable bonds is 4. The van der Waals surface area contributed by atoms with Crippen molar-refractivity contribution in [2.24, 2.45) is 0 Å². The molecule has 0 saturated heterocycles. The molecule has 4 nitrogen and oxygen atoms in total. The summed E-state index contributed by atoms with van der Waals surface area (Å²) in [6.07, 6.45) is 1.36. The zero-order valence-electron chi connectivity index (χ0n) is 8.28. The van der Waals surface area contributed by atoms with Gasteiger partial charge in [0, 0.05) is 0 Å². The molecule has 16 heavy (non-hydrogen) atoms. The van der Waals surface area contributed by atoms with E-state index in [-0.39, 0.29) is 15.1 Å². The minimum atomic E-state index is -3.39. The summed E-state index contributed by atoms with van der Waals surface area (Å²) in [7, 11) is -3.39. The summed E-state index contributed by atoms with van der Waals surface area (Å²) in [6.45, 7) is 1.91. The number of hydrogen-bond donors (Lipinski definition) is 0. The quantitative estimate of drug-likeness (QED) is 0.799. The second-order valence-electron chi connectivity index (χ2n) is 3.04. The van der Waals surface area contributed by atoms with Gasteiger partial charge in [-0.05, 0) is 6.42 Å². The van der Waals surface area contributed by atoms with E-state index in [1.54, 1.807) is 0 Å². The summed E-state index contributed by atoms with van der Waals surface area (Å²) in [5.41, 5.74) is 0. The molecule has 1 aromatic heterocycles. The number of unbranched alkanes of at least 4 members (excludes halogenated alkanes) is 1. The average Bonchev–Trinajstić information content (AvgIpc) is 2.63. The van der Waals surface area contributed by atoms with E-state index in [2.05, 4.69) is 10.2 Å². The predicted octanol–water partition coefficient (Wildman–Crippen LogP) is 2.94. The molecule has 0 atom stereocenters. The fraction of sp³-hybridized carbons (Fsp3) is 0.714. The molecule has 9 heteroatoms. The Labute approximate surface area is 113 Å². The first kappa shape index (κ1) is 14.4. The Balaban J connectivity index is 2.94. The minimum absolute atomic E-state index is 0.0397. The van der Waals surface area contributed by atoms with Gasteiger partial charge in [0.1, 0.15) is 0 Å². The molecule has 0 bridgehead atoms. The Morgan fingerprint density at radius 2 is 1.94 bits per heavy atom. The number of alkyl halides is 3. The lowest BCUT2D eigenvalue weighted by Gasteiger charge is -2.03. The maximum absolute atomic E-state index is 11.7. The van der Waals surface area contributed by atoms with Crippen molar-refractivity contribution in [2.75, 3.05) is 5.75 Å². The first-order valence-corrected chi connectivity index (χ1v) is 8.01. The van der Waals surface area contributed by atoms with Crippen molar-refractivity contribution in [1.82, 2.24) is 10.2 Å². The van der Waals surface area contributed by atoms with Crippen LogP contribution in [0, 0.1) is 0 Å². The lowest BCUT2D eigenvalue weighted by Crippen LogP contribution is -2.06. The third kappa shape index (κ3) is 3.70. The number of hydrogen-bond acceptors (Lipinski definition) is 5. The normalized spacial score (nSPS) is 13.0. The van der Waals surface area contributed by atoms with Gasteiger partial charge in [-0.15, -0.1) is 10.2 Å². The number of nitrogens with zero attached hydrogens (tertiary/aromatic N) is 2. The molecule has 1 heterocycles. The molecule has 0 saturated carbocycles. The van der Waals surface area contributed by atoms with Gasteiger partial charge >= 0.3 is 0 Å². The van der Waals surface area contributed by atoms with E-state index in [4.69, 9.17) is 34.8 Å². The van der Waals surface area contributed by atoms with E-state index < -0.39 is 13.6 Å². The molecule has 1 rings (SSSR count). The predicted molar refractivity (Wildman–Crippen MR) is 66.1 cm³/mol. The molecule has 1 aromatic rings. The Morgan fingerprint density at radius 3 is 2.38 bits per heavy atom. The second-order valence-corrected chi connectivity index (χ2v) is 8.58. The highest BCUT2D eigenvalue weighted by molar-refractivity contribution is 7.93. The van der Waals surface area contributed by atoms with Crippen molar-refractivity contribution in [3.05, 3.63) is 5.01 Å². The first-order chi connectivity index (χ1) is 7.27. The third-order valence-corrected chi connectivity index (χ3v) is 5.84. The van der Waals surface area contributed by atoms with E-state index in [0.29, 0.717) is 6.42 Å². The van der Waals surface area contributed by atoms with Crippen LogP contribution in [0.2, 0.25) is 0 Å². The average molecular weight is 324 g/mol. The van der Waals surface area contributed by atoms with Gasteiger partial charge in [-0.1, -0.05) is 59.5 Å². The van der Waals surface area contributed by atoms with E-state index in [1.807, 2.05) is 6.92 Å². The molecular weight excluding hydrogens is 315 g/mol.